The van der Waals surface area contributed by atoms with E-state index in [9.17, 15) is 9.59 Å². The van der Waals surface area contributed by atoms with Crippen LogP contribution in [0.1, 0.15) is 34.4 Å². The zero-order valence-electron chi connectivity index (χ0n) is 18.8. The number of benzene rings is 2. The molecule has 0 aliphatic heterocycles. The lowest BCUT2D eigenvalue weighted by Crippen LogP contribution is -2.26. The summed E-state index contributed by atoms with van der Waals surface area (Å²) >= 11 is 9.30. The minimum Gasteiger partial charge on any atom is -0.351 e. The summed E-state index contributed by atoms with van der Waals surface area (Å²) in [4.78, 5) is 33.4. The monoisotopic (exact) mass is 509 g/mol. The van der Waals surface area contributed by atoms with Gasteiger partial charge in [-0.25, -0.2) is 4.98 Å². The van der Waals surface area contributed by atoms with E-state index in [1.54, 1.807) is 15.9 Å². The Bertz CT molecular complexity index is 1430. The van der Waals surface area contributed by atoms with Crippen molar-refractivity contribution in [3.8, 4) is 5.69 Å². The predicted octanol–water partition coefficient (Wildman–Crippen LogP) is 5.70. The highest BCUT2D eigenvalue weighted by Crippen LogP contribution is 2.35. The molecule has 5 rings (SSSR count). The minimum absolute atomic E-state index is 0.0815. The van der Waals surface area contributed by atoms with Crippen LogP contribution < -0.4 is 10.9 Å². The van der Waals surface area contributed by atoms with Crippen LogP contribution in [0.4, 0.5) is 0 Å². The summed E-state index contributed by atoms with van der Waals surface area (Å²) in [7, 11) is 0. The number of nitrogens with one attached hydrogen (secondary N) is 1. The van der Waals surface area contributed by atoms with Gasteiger partial charge in [-0.15, -0.1) is 11.3 Å². The molecule has 4 aromatic rings. The number of halogens is 1. The van der Waals surface area contributed by atoms with Gasteiger partial charge in [-0.05, 0) is 61.4 Å². The number of hydrogen-bond acceptors (Lipinski definition) is 5. The number of rotatable bonds is 6. The molecule has 0 unspecified atom stereocenters. The van der Waals surface area contributed by atoms with Crippen molar-refractivity contribution >= 4 is 50.8 Å². The van der Waals surface area contributed by atoms with Crippen LogP contribution in [0.25, 0.3) is 15.9 Å². The second kappa shape index (κ2) is 9.94. The van der Waals surface area contributed by atoms with Crippen LogP contribution >= 0.6 is 34.7 Å². The number of aryl methyl sites for hydroxylation is 2. The summed E-state index contributed by atoms with van der Waals surface area (Å²) < 4.78 is 1.64. The molecule has 2 heterocycles. The molecule has 8 heteroatoms. The molecule has 1 N–H and O–H groups in total. The first-order valence-electron chi connectivity index (χ1n) is 11.3. The summed E-state index contributed by atoms with van der Waals surface area (Å²) in [6, 6.07) is 15.3. The van der Waals surface area contributed by atoms with Crippen LogP contribution in [0.2, 0.25) is 5.02 Å². The zero-order chi connectivity index (χ0) is 23.7. The smallest absolute Gasteiger partial charge is 0.267 e. The number of nitrogens with zero attached hydrogens (tertiary/aromatic N) is 2. The van der Waals surface area contributed by atoms with Gasteiger partial charge in [0.2, 0.25) is 5.91 Å². The van der Waals surface area contributed by atoms with E-state index in [4.69, 9.17) is 16.6 Å². The molecule has 0 saturated heterocycles. The second-order valence-electron chi connectivity index (χ2n) is 8.36. The van der Waals surface area contributed by atoms with Gasteiger partial charge in [0.05, 0.1) is 16.8 Å². The standard InChI is InChI=1S/C26H24ClN3O2S2/c1-16-19(27)11-7-12-20(16)30-25(32)23-18-10-5-6-13-21(18)34-24(23)29-26(30)33-15-22(31)28-14-17-8-3-2-4-9-17/h2-4,7-9,11-12H,5-6,10,13-15H2,1H3,(H,28,31). The molecular weight excluding hydrogens is 486 g/mol. The van der Waals surface area contributed by atoms with Crippen molar-refractivity contribution in [3.05, 3.63) is 85.5 Å². The molecule has 0 fully saturated rings. The maximum absolute atomic E-state index is 13.9. The minimum atomic E-state index is -0.108. The van der Waals surface area contributed by atoms with Crippen molar-refractivity contribution < 1.29 is 4.79 Å². The molecule has 0 saturated carbocycles. The normalized spacial score (nSPS) is 13.1. The number of fused-ring (bicyclic) bond motifs is 3. The zero-order valence-corrected chi connectivity index (χ0v) is 21.2. The third-order valence-electron chi connectivity index (χ3n) is 6.10. The Morgan fingerprint density at radius 3 is 2.76 bits per heavy atom. The van der Waals surface area contributed by atoms with Crippen molar-refractivity contribution in [3.63, 3.8) is 0 Å². The van der Waals surface area contributed by atoms with Gasteiger partial charge in [-0.2, -0.15) is 0 Å². The topological polar surface area (TPSA) is 64.0 Å². The van der Waals surface area contributed by atoms with Crippen molar-refractivity contribution in [1.82, 2.24) is 14.9 Å². The van der Waals surface area contributed by atoms with Gasteiger partial charge in [-0.1, -0.05) is 59.8 Å². The first kappa shape index (κ1) is 23.1. The Morgan fingerprint density at radius 1 is 1.15 bits per heavy atom. The third-order valence-corrected chi connectivity index (χ3v) is 8.64. The predicted molar refractivity (Wildman–Crippen MR) is 141 cm³/mol. The van der Waals surface area contributed by atoms with E-state index in [0.29, 0.717) is 22.4 Å². The van der Waals surface area contributed by atoms with Gasteiger partial charge < -0.3 is 5.32 Å². The quantitative estimate of drug-likeness (QED) is 0.267. The fourth-order valence-corrected chi connectivity index (χ4v) is 6.62. The van der Waals surface area contributed by atoms with E-state index >= 15 is 0 Å². The number of hydrogen-bond donors (Lipinski definition) is 1. The lowest BCUT2D eigenvalue weighted by molar-refractivity contribution is -0.118. The lowest BCUT2D eigenvalue weighted by Gasteiger charge is -2.16. The average molecular weight is 510 g/mol. The summed E-state index contributed by atoms with van der Waals surface area (Å²) in [6.45, 7) is 2.36. The number of carbonyl (C=O) groups is 1. The van der Waals surface area contributed by atoms with Crippen LogP contribution in [0.5, 0.6) is 0 Å². The SMILES string of the molecule is Cc1c(Cl)cccc1-n1c(SCC(=O)NCc2ccccc2)nc2sc3c(c2c1=O)CCCC3. The van der Waals surface area contributed by atoms with E-state index in [-0.39, 0.29) is 17.2 Å². The molecular formula is C26H24ClN3O2S2. The van der Waals surface area contributed by atoms with E-state index in [2.05, 4.69) is 5.32 Å². The number of carbonyl (C=O) groups excluding carboxylic acids is 1. The first-order valence-corrected chi connectivity index (χ1v) is 13.5. The summed E-state index contributed by atoms with van der Waals surface area (Å²) in [5.74, 6) is 0.0539. The van der Waals surface area contributed by atoms with E-state index < -0.39 is 0 Å². The van der Waals surface area contributed by atoms with Gasteiger partial charge in [0.1, 0.15) is 4.83 Å². The molecule has 1 amide bonds. The highest BCUT2D eigenvalue weighted by molar-refractivity contribution is 7.99. The highest BCUT2D eigenvalue weighted by Gasteiger charge is 2.24. The largest absolute Gasteiger partial charge is 0.351 e. The van der Waals surface area contributed by atoms with E-state index in [0.717, 1.165) is 52.6 Å². The number of thioether (sulfide) groups is 1. The molecule has 2 aromatic heterocycles. The Balaban J connectivity index is 1.51. The van der Waals surface area contributed by atoms with Crippen LogP contribution in [0.15, 0.2) is 58.5 Å². The Labute approximate surface area is 211 Å². The molecule has 1 aliphatic rings. The molecule has 1 aliphatic carbocycles. The first-order chi connectivity index (χ1) is 16.5. The van der Waals surface area contributed by atoms with Gasteiger partial charge in [0, 0.05) is 16.4 Å². The maximum Gasteiger partial charge on any atom is 0.267 e. The third kappa shape index (κ3) is 4.52. The van der Waals surface area contributed by atoms with Crippen molar-refractivity contribution in [1.29, 1.82) is 0 Å². The molecule has 0 bridgehead atoms. The molecule has 0 atom stereocenters. The number of aromatic nitrogens is 2. The van der Waals surface area contributed by atoms with Gasteiger partial charge in [0.25, 0.3) is 5.56 Å². The molecule has 2 aromatic carbocycles. The summed E-state index contributed by atoms with van der Waals surface area (Å²) in [5.41, 5.74) is 3.62. The van der Waals surface area contributed by atoms with Gasteiger partial charge in [-0.3, -0.25) is 14.2 Å². The van der Waals surface area contributed by atoms with E-state index in [1.807, 2.05) is 55.5 Å². The number of thiophene rings is 1. The second-order valence-corrected chi connectivity index (χ2v) is 10.8. The molecule has 0 spiro atoms. The summed E-state index contributed by atoms with van der Waals surface area (Å²) in [6.07, 6.45) is 4.14. The molecule has 34 heavy (non-hydrogen) atoms. The van der Waals surface area contributed by atoms with Gasteiger partial charge >= 0.3 is 0 Å². The lowest BCUT2D eigenvalue weighted by atomic mass is 9.97. The number of amides is 1. The van der Waals surface area contributed by atoms with Crippen molar-refractivity contribution in [2.75, 3.05) is 5.75 Å². The Kier molecular flexibility index (Phi) is 6.77. The molecule has 5 nitrogen and oxygen atoms in total. The van der Waals surface area contributed by atoms with Crippen LogP contribution in [-0.2, 0) is 24.2 Å². The summed E-state index contributed by atoms with van der Waals surface area (Å²) in [5, 5.41) is 4.77. The van der Waals surface area contributed by atoms with Crippen LogP contribution in [0.3, 0.4) is 0 Å². The van der Waals surface area contributed by atoms with Crippen molar-refractivity contribution in [2.45, 2.75) is 44.3 Å². The van der Waals surface area contributed by atoms with Crippen molar-refractivity contribution in [2.24, 2.45) is 0 Å². The average Bonchev–Trinajstić information content (AvgIpc) is 3.23. The van der Waals surface area contributed by atoms with Crippen LogP contribution in [0, 0.1) is 6.92 Å². The van der Waals surface area contributed by atoms with E-state index in [1.165, 1.54) is 16.6 Å². The van der Waals surface area contributed by atoms with Crippen LogP contribution in [-0.4, -0.2) is 21.2 Å². The maximum atomic E-state index is 13.9. The Morgan fingerprint density at radius 2 is 1.94 bits per heavy atom. The highest BCUT2D eigenvalue weighted by atomic mass is 35.5. The Hall–Kier alpha value is -2.61. The fraction of sp³-hybridized carbons (Fsp3) is 0.269. The fourth-order valence-electron chi connectivity index (χ4n) is 4.31. The van der Waals surface area contributed by atoms with Gasteiger partial charge in [0.15, 0.2) is 5.16 Å². The molecule has 0 radical (unpaired) electrons. The molecule has 174 valence electrons.